The molecule has 9 nitrogen and oxygen atoms in total. The maximum atomic E-state index is 13.9. The van der Waals surface area contributed by atoms with Crippen LogP contribution in [0.1, 0.15) is 66.2 Å². The summed E-state index contributed by atoms with van der Waals surface area (Å²) in [4.78, 5) is 40.7. The average molecular weight is 669 g/mol. The number of halogens is 2. The van der Waals surface area contributed by atoms with Crippen LogP contribution in [0.5, 0.6) is 0 Å². The summed E-state index contributed by atoms with van der Waals surface area (Å²) in [6.07, 6.45) is 12.6. The van der Waals surface area contributed by atoms with Crippen LogP contribution < -0.4 is 10.6 Å². The van der Waals surface area contributed by atoms with E-state index in [1.165, 1.54) is 17.5 Å². The molecule has 228 valence electrons. The van der Waals surface area contributed by atoms with E-state index < -0.39 is 6.04 Å². The van der Waals surface area contributed by atoms with Crippen molar-refractivity contribution >= 4 is 39.5 Å². The van der Waals surface area contributed by atoms with Crippen LogP contribution in [0.4, 0.5) is 4.79 Å². The Labute approximate surface area is 266 Å². The number of rotatable bonds is 6. The minimum absolute atomic E-state index is 0.143. The number of carbonyl (C=O) groups excluding carboxylic acids is 2. The molecule has 43 heavy (non-hydrogen) atoms. The number of pyridine rings is 1. The molecule has 6 rings (SSSR count). The van der Waals surface area contributed by atoms with Gasteiger partial charge in [0.25, 0.3) is 0 Å². The van der Waals surface area contributed by atoms with Crippen LogP contribution in [0, 0.1) is 6.92 Å². The lowest BCUT2D eigenvalue weighted by atomic mass is 9.95. The minimum atomic E-state index is -0.640. The second kappa shape index (κ2) is 13.4. The van der Waals surface area contributed by atoms with E-state index in [1.54, 1.807) is 17.4 Å². The van der Waals surface area contributed by atoms with Crippen molar-refractivity contribution in [1.29, 1.82) is 0 Å². The lowest BCUT2D eigenvalue weighted by molar-refractivity contribution is -0.127. The van der Waals surface area contributed by atoms with Crippen molar-refractivity contribution in [2.45, 2.75) is 76.5 Å². The van der Waals surface area contributed by atoms with Gasteiger partial charge in [0.1, 0.15) is 6.04 Å². The lowest BCUT2D eigenvalue weighted by Crippen LogP contribution is -2.63. The average Bonchev–Trinajstić information content (AvgIpc) is 3.35. The number of aryl methyl sites for hydroxylation is 3. The van der Waals surface area contributed by atoms with Gasteiger partial charge in [-0.2, -0.15) is 0 Å². The Kier molecular flexibility index (Phi) is 9.35. The number of nitrogens with one attached hydrogen (secondary N) is 2. The fourth-order valence-electron chi connectivity index (χ4n) is 6.83. The van der Waals surface area contributed by atoms with Gasteiger partial charge < -0.3 is 20.1 Å². The fraction of sp³-hybridized carbons (Fsp3) is 0.500. The third-order valence-electron chi connectivity index (χ3n) is 9.14. The SMILES string of the molecule is Cc1cncn1CCNC(=O)[C@H]1CN(C2c3ccc(Cl)cc3CCc3cc(Br)cnc32)CCN1C(=O)NC1CCCCC1. The monoisotopic (exact) mass is 667 g/mol. The van der Waals surface area contributed by atoms with Gasteiger partial charge in [0.05, 0.1) is 18.1 Å². The molecule has 0 bridgehead atoms. The van der Waals surface area contributed by atoms with E-state index in [0.29, 0.717) is 37.7 Å². The quantitative estimate of drug-likeness (QED) is 0.384. The maximum Gasteiger partial charge on any atom is 0.318 e. The van der Waals surface area contributed by atoms with Gasteiger partial charge >= 0.3 is 6.03 Å². The van der Waals surface area contributed by atoms with E-state index >= 15 is 0 Å². The molecular formula is C32H39BrClN7O2. The highest BCUT2D eigenvalue weighted by Gasteiger charge is 2.40. The molecule has 2 aliphatic carbocycles. The fourth-order valence-corrected chi connectivity index (χ4v) is 7.40. The van der Waals surface area contributed by atoms with Crippen molar-refractivity contribution in [1.82, 2.24) is 35.0 Å². The molecule has 3 aromatic rings. The van der Waals surface area contributed by atoms with Crippen molar-refractivity contribution in [3.05, 3.63) is 80.6 Å². The Morgan fingerprint density at radius 3 is 2.67 bits per heavy atom. The molecule has 0 radical (unpaired) electrons. The number of imidazole rings is 1. The number of piperazine rings is 1. The topological polar surface area (TPSA) is 95.4 Å². The first-order valence-electron chi connectivity index (χ1n) is 15.4. The predicted octanol–water partition coefficient (Wildman–Crippen LogP) is 5.04. The molecule has 3 amide bonds. The molecule has 1 aliphatic heterocycles. The van der Waals surface area contributed by atoms with Gasteiger partial charge in [-0.1, -0.05) is 36.9 Å². The maximum absolute atomic E-state index is 13.9. The zero-order valence-corrected chi connectivity index (χ0v) is 26.9. The smallest absolute Gasteiger partial charge is 0.318 e. The third-order valence-corrected chi connectivity index (χ3v) is 9.80. The van der Waals surface area contributed by atoms with E-state index in [1.807, 2.05) is 23.8 Å². The molecular weight excluding hydrogens is 630 g/mol. The van der Waals surface area contributed by atoms with Crippen molar-refractivity contribution in [3.63, 3.8) is 0 Å². The molecule has 3 heterocycles. The van der Waals surface area contributed by atoms with Gasteiger partial charge in [0, 0.05) is 66.3 Å². The molecule has 3 aliphatic rings. The van der Waals surface area contributed by atoms with E-state index in [0.717, 1.165) is 59.9 Å². The summed E-state index contributed by atoms with van der Waals surface area (Å²) in [5.74, 6) is -0.143. The van der Waals surface area contributed by atoms with E-state index in [9.17, 15) is 9.59 Å². The number of hydrogen-bond acceptors (Lipinski definition) is 5. The molecule has 1 saturated carbocycles. The highest BCUT2D eigenvalue weighted by Crippen LogP contribution is 2.38. The third kappa shape index (κ3) is 6.76. The number of amides is 3. The van der Waals surface area contributed by atoms with Gasteiger partial charge in [-0.05, 0) is 83.4 Å². The molecule has 2 fully saturated rings. The van der Waals surface area contributed by atoms with Gasteiger partial charge in [-0.3, -0.25) is 14.7 Å². The highest BCUT2D eigenvalue weighted by atomic mass is 79.9. The zero-order valence-electron chi connectivity index (χ0n) is 24.6. The summed E-state index contributed by atoms with van der Waals surface area (Å²) in [5, 5.41) is 7.09. The number of aromatic nitrogens is 3. The second-order valence-electron chi connectivity index (χ2n) is 12.0. The molecule has 2 atom stereocenters. The summed E-state index contributed by atoms with van der Waals surface area (Å²) in [6.45, 7) is 4.53. The van der Waals surface area contributed by atoms with E-state index in [2.05, 4.69) is 54.6 Å². The molecule has 2 N–H and O–H groups in total. The molecule has 1 saturated heterocycles. The van der Waals surface area contributed by atoms with Crippen LogP contribution in [0.25, 0.3) is 0 Å². The highest BCUT2D eigenvalue weighted by molar-refractivity contribution is 9.10. The van der Waals surface area contributed by atoms with Gasteiger partial charge in [0.15, 0.2) is 0 Å². The number of benzene rings is 1. The predicted molar refractivity (Wildman–Crippen MR) is 170 cm³/mol. The summed E-state index contributed by atoms with van der Waals surface area (Å²) in [7, 11) is 0. The van der Waals surface area contributed by atoms with Crippen LogP contribution in [-0.2, 0) is 24.2 Å². The van der Waals surface area contributed by atoms with E-state index in [4.69, 9.17) is 16.6 Å². The molecule has 1 unspecified atom stereocenters. The van der Waals surface area contributed by atoms with Crippen LogP contribution >= 0.6 is 27.5 Å². The van der Waals surface area contributed by atoms with Crippen LogP contribution in [0.2, 0.25) is 5.02 Å². The Morgan fingerprint density at radius 2 is 1.88 bits per heavy atom. The minimum Gasteiger partial charge on any atom is -0.352 e. The Morgan fingerprint density at radius 1 is 1.07 bits per heavy atom. The Balaban J connectivity index is 1.28. The van der Waals surface area contributed by atoms with Gasteiger partial charge in [-0.15, -0.1) is 0 Å². The first kappa shape index (κ1) is 30.1. The number of fused-ring (bicyclic) bond motifs is 2. The van der Waals surface area contributed by atoms with Crippen LogP contribution in [0.15, 0.2) is 47.5 Å². The van der Waals surface area contributed by atoms with Crippen molar-refractivity contribution < 1.29 is 9.59 Å². The largest absolute Gasteiger partial charge is 0.352 e. The Bertz CT molecular complexity index is 1420. The molecule has 1 aromatic carbocycles. The van der Waals surface area contributed by atoms with Gasteiger partial charge in [0.2, 0.25) is 5.91 Å². The first-order chi connectivity index (χ1) is 20.9. The molecule has 11 heteroatoms. The summed E-state index contributed by atoms with van der Waals surface area (Å²) in [5.41, 5.74) is 5.57. The van der Waals surface area contributed by atoms with Crippen molar-refractivity contribution in [3.8, 4) is 0 Å². The standard InChI is InChI=1S/C32H39BrClN7O2/c1-21-17-35-20-40(21)12-11-36-31(42)28-19-39(13-14-41(28)32(43)38-26-5-3-2-4-6-26)30-27-10-9-25(34)16-22(27)7-8-23-15-24(33)18-37-29(23)30/h9-10,15-18,20,26,28,30H,2-8,11-14,19H2,1H3,(H,36,42)(H,38,43)/t28-,30?/m1/s1. The molecule has 2 aromatic heterocycles. The van der Waals surface area contributed by atoms with Crippen molar-refractivity contribution in [2.24, 2.45) is 0 Å². The van der Waals surface area contributed by atoms with Gasteiger partial charge in [-0.25, -0.2) is 9.78 Å². The van der Waals surface area contributed by atoms with E-state index in [-0.39, 0.29) is 24.0 Å². The summed E-state index contributed by atoms with van der Waals surface area (Å²) >= 11 is 10.1. The molecule has 0 spiro atoms. The normalized spacial score (nSPS) is 21.0. The number of urea groups is 1. The van der Waals surface area contributed by atoms with Crippen molar-refractivity contribution in [2.75, 3.05) is 26.2 Å². The number of hydrogen-bond donors (Lipinski definition) is 2. The number of carbonyl (C=O) groups is 2. The Hall–Kier alpha value is -2.95. The lowest BCUT2D eigenvalue weighted by Gasteiger charge is -2.44. The number of nitrogens with zero attached hydrogens (tertiary/aromatic N) is 5. The summed E-state index contributed by atoms with van der Waals surface area (Å²) < 4.78 is 2.96. The first-order valence-corrected chi connectivity index (χ1v) is 16.5. The van der Waals surface area contributed by atoms with Crippen LogP contribution in [-0.4, -0.2) is 74.5 Å². The zero-order chi connectivity index (χ0) is 29.9. The van der Waals surface area contributed by atoms with Crippen LogP contribution in [0.3, 0.4) is 0 Å². The second-order valence-corrected chi connectivity index (χ2v) is 13.3. The summed E-state index contributed by atoms with van der Waals surface area (Å²) in [6, 6.07) is 7.48.